The number of rotatable bonds is 3. The van der Waals surface area contributed by atoms with Crippen molar-refractivity contribution in [2.24, 2.45) is 4.99 Å². The molecule has 0 aliphatic rings. The zero-order chi connectivity index (χ0) is 9.68. The Balaban J connectivity index is 2.77. The fourth-order valence-corrected chi connectivity index (χ4v) is 0.772. The predicted octanol–water partition coefficient (Wildman–Crippen LogP) is 1.31. The second-order valence-corrected chi connectivity index (χ2v) is 2.76. The Labute approximate surface area is 77.9 Å². The number of nitrogens with zero attached hydrogens (tertiary/aromatic N) is 3. The van der Waals surface area contributed by atoms with Gasteiger partial charge in [-0.05, 0) is 6.07 Å². The van der Waals surface area contributed by atoms with Gasteiger partial charge in [-0.15, -0.1) is 0 Å². The Morgan fingerprint density at radius 1 is 1.54 bits per heavy atom. The second-order valence-electron chi connectivity index (χ2n) is 2.76. The minimum atomic E-state index is 0.646. The summed E-state index contributed by atoms with van der Waals surface area (Å²) < 4.78 is 5.03. The van der Waals surface area contributed by atoms with Gasteiger partial charge in [0.25, 0.3) is 0 Å². The van der Waals surface area contributed by atoms with Gasteiger partial charge in [0, 0.05) is 26.4 Å². The van der Waals surface area contributed by atoms with Gasteiger partial charge in [0.15, 0.2) is 5.82 Å². The maximum Gasteiger partial charge on any atom is 0.157 e. The van der Waals surface area contributed by atoms with Crippen molar-refractivity contribution >= 4 is 12.2 Å². The summed E-state index contributed by atoms with van der Waals surface area (Å²) in [6, 6.07) is 3.56. The Kier molecular flexibility index (Phi) is 3.25. The van der Waals surface area contributed by atoms with E-state index in [1.54, 1.807) is 31.8 Å². The number of ether oxygens (including phenoxy) is 1. The van der Waals surface area contributed by atoms with E-state index in [0.29, 0.717) is 5.82 Å². The molecule has 70 valence electrons. The molecule has 4 heteroatoms. The Morgan fingerprint density at radius 3 is 2.92 bits per heavy atom. The average Bonchev–Trinajstić information content (AvgIpc) is 2.15. The number of pyridine rings is 1. The molecule has 0 radical (unpaired) electrons. The Hall–Kier alpha value is -1.58. The zero-order valence-corrected chi connectivity index (χ0v) is 8.06. The van der Waals surface area contributed by atoms with E-state index >= 15 is 0 Å². The fourth-order valence-electron chi connectivity index (χ4n) is 0.772. The predicted molar refractivity (Wildman–Crippen MR) is 52.6 cm³/mol. The van der Waals surface area contributed by atoms with Crippen molar-refractivity contribution < 1.29 is 4.74 Å². The molecule has 1 aromatic rings. The van der Waals surface area contributed by atoms with Crippen molar-refractivity contribution in [1.29, 1.82) is 0 Å². The van der Waals surface area contributed by atoms with Crippen LogP contribution in [0.4, 0.5) is 5.82 Å². The van der Waals surface area contributed by atoms with Crippen LogP contribution in [0, 0.1) is 0 Å². The lowest BCUT2D eigenvalue weighted by atomic mass is 10.4. The average molecular weight is 179 g/mol. The van der Waals surface area contributed by atoms with E-state index in [0.717, 1.165) is 5.75 Å². The maximum atomic E-state index is 5.03. The summed E-state index contributed by atoms with van der Waals surface area (Å²) in [6.45, 7) is 0. The van der Waals surface area contributed by atoms with Gasteiger partial charge in [0.05, 0.1) is 13.4 Å². The van der Waals surface area contributed by atoms with Crippen LogP contribution in [0.1, 0.15) is 0 Å². The summed E-state index contributed by atoms with van der Waals surface area (Å²) in [7, 11) is 5.43. The van der Waals surface area contributed by atoms with Crippen LogP contribution in [-0.4, -0.2) is 37.4 Å². The van der Waals surface area contributed by atoms with E-state index in [1.165, 1.54) is 0 Å². The molecule has 1 rings (SSSR count). The minimum Gasteiger partial charge on any atom is -0.497 e. The monoisotopic (exact) mass is 179 g/mol. The summed E-state index contributed by atoms with van der Waals surface area (Å²) in [4.78, 5) is 10.0. The van der Waals surface area contributed by atoms with E-state index in [9.17, 15) is 0 Å². The highest BCUT2D eigenvalue weighted by Crippen LogP contribution is 2.15. The lowest BCUT2D eigenvalue weighted by Crippen LogP contribution is -2.07. The van der Waals surface area contributed by atoms with Crippen molar-refractivity contribution in [3.05, 3.63) is 18.3 Å². The van der Waals surface area contributed by atoms with Crippen LogP contribution >= 0.6 is 0 Å². The molecule has 0 amide bonds. The highest BCUT2D eigenvalue weighted by atomic mass is 16.5. The molecule has 0 aromatic carbocycles. The molecule has 13 heavy (non-hydrogen) atoms. The van der Waals surface area contributed by atoms with Crippen molar-refractivity contribution in [3.8, 4) is 5.75 Å². The normalized spacial score (nSPS) is 10.4. The van der Waals surface area contributed by atoms with E-state index in [-0.39, 0.29) is 0 Å². The maximum absolute atomic E-state index is 5.03. The van der Waals surface area contributed by atoms with E-state index in [2.05, 4.69) is 9.98 Å². The third kappa shape index (κ3) is 3.11. The molecular formula is C9H13N3O. The summed E-state index contributed by atoms with van der Waals surface area (Å²) in [6.07, 6.45) is 3.36. The molecule has 0 spiro atoms. The molecule has 0 saturated carbocycles. The van der Waals surface area contributed by atoms with E-state index in [1.807, 2.05) is 19.0 Å². The topological polar surface area (TPSA) is 37.7 Å². The van der Waals surface area contributed by atoms with Gasteiger partial charge in [-0.1, -0.05) is 0 Å². The van der Waals surface area contributed by atoms with Crippen LogP contribution in [0.5, 0.6) is 5.75 Å². The first-order chi connectivity index (χ1) is 6.22. The third-order valence-corrected chi connectivity index (χ3v) is 1.37. The van der Waals surface area contributed by atoms with Crippen molar-refractivity contribution in [3.63, 3.8) is 0 Å². The number of aromatic nitrogens is 1. The van der Waals surface area contributed by atoms with Crippen LogP contribution in [0.2, 0.25) is 0 Å². The van der Waals surface area contributed by atoms with E-state index in [4.69, 9.17) is 4.74 Å². The molecule has 0 aliphatic heterocycles. The third-order valence-electron chi connectivity index (χ3n) is 1.37. The molecule has 0 atom stereocenters. The van der Waals surface area contributed by atoms with Gasteiger partial charge in [0.1, 0.15) is 5.75 Å². The molecule has 0 bridgehead atoms. The first-order valence-electron chi connectivity index (χ1n) is 3.93. The molecular weight excluding hydrogens is 166 g/mol. The molecule has 1 heterocycles. The quantitative estimate of drug-likeness (QED) is 0.518. The van der Waals surface area contributed by atoms with E-state index < -0.39 is 0 Å². The van der Waals surface area contributed by atoms with Crippen LogP contribution in [0.3, 0.4) is 0 Å². The minimum absolute atomic E-state index is 0.646. The Bertz CT molecular complexity index is 297. The van der Waals surface area contributed by atoms with Crippen LogP contribution in [0.25, 0.3) is 0 Å². The van der Waals surface area contributed by atoms with Gasteiger partial charge in [-0.25, -0.2) is 9.98 Å². The highest BCUT2D eigenvalue weighted by Gasteiger charge is 1.93. The second kappa shape index (κ2) is 4.45. The standard InChI is InChI=1S/C9H13N3O/c1-12(2)7-11-9-6-8(13-3)4-5-10-9/h4-7H,1-3H3/b11-7+. The van der Waals surface area contributed by atoms with Crippen molar-refractivity contribution in [1.82, 2.24) is 9.88 Å². The molecule has 0 fully saturated rings. The highest BCUT2D eigenvalue weighted by molar-refractivity contribution is 5.59. The van der Waals surface area contributed by atoms with Gasteiger partial charge in [0.2, 0.25) is 0 Å². The van der Waals surface area contributed by atoms with Gasteiger partial charge >= 0.3 is 0 Å². The molecule has 0 aliphatic carbocycles. The number of methoxy groups -OCH3 is 1. The van der Waals surface area contributed by atoms with Crippen molar-refractivity contribution in [2.75, 3.05) is 21.2 Å². The molecule has 0 unspecified atom stereocenters. The lowest BCUT2D eigenvalue weighted by molar-refractivity contribution is 0.414. The largest absolute Gasteiger partial charge is 0.497 e. The van der Waals surface area contributed by atoms with Gasteiger partial charge in [-0.2, -0.15) is 0 Å². The summed E-state index contributed by atoms with van der Waals surface area (Å²) >= 11 is 0. The van der Waals surface area contributed by atoms with Gasteiger partial charge in [-0.3, -0.25) is 0 Å². The van der Waals surface area contributed by atoms with Gasteiger partial charge < -0.3 is 9.64 Å². The molecule has 1 aromatic heterocycles. The number of hydrogen-bond acceptors (Lipinski definition) is 3. The van der Waals surface area contributed by atoms with Crippen LogP contribution in [-0.2, 0) is 0 Å². The van der Waals surface area contributed by atoms with Crippen LogP contribution < -0.4 is 4.74 Å². The summed E-state index contributed by atoms with van der Waals surface area (Å²) in [5.41, 5.74) is 0. The molecule has 0 saturated heterocycles. The number of hydrogen-bond donors (Lipinski definition) is 0. The molecule has 4 nitrogen and oxygen atoms in total. The zero-order valence-electron chi connectivity index (χ0n) is 8.06. The first kappa shape index (κ1) is 9.51. The Morgan fingerprint density at radius 2 is 2.31 bits per heavy atom. The summed E-state index contributed by atoms with van der Waals surface area (Å²) in [5.74, 6) is 1.41. The lowest BCUT2D eigenvalue weighted by Gasteiger charge is -2.02. The fraction of sp³-hybridized carbons (Fsp3) is 0.333. The van der Waals surface area contributed by atoms with Crippen LogP contribution in [0.15, 0.2) is 23.3 Å². The summed E-state index contributed by atoms with van der Waals surface area (Å²) in [5, 5.41) is 0. The molecule has 0 N–H and O–H groups in total. The first-order valence-corrected chi connectivity index (χ1v) is 3.93. The SMILES string of the molecule is COc1ccnc(/N=C/N(C)C)c1. The van der Waals surface area contributed by atoms with Crippen molar-refractivity contribution in [2.45, 2.75) is 0 Å². The number of aliphatic imine (C=N–C) groups is 1. The smallest absolute Gasteiger partial charge is 0.157 e.